The number of hydrogen-bond donors (Lipinski definition) is 1. The molecular weight excluding hydrogens is 466 g/mol. The van der Waals surface area contributed by atoms with Gasteiger partial charge in [-0.05, 0) is 42.7 Å². The van der Waals surface area contributed by atoms with Crippen LogP contribution in [0.3, 0.4) is 0 Å². The quantitative estimate of drug-likeness (QED) is 0.491. The van der Waals surface area contributed by atoms with Crippen molar-refractivity contribution in [3.8, 4) is 0 Å². The number of carbonyl (C=O) groups excluding carboxylic acids is 2. The van der Waals surface area contributed by atoms with Crippen molar-refractivity contribution in [1.82, 2.24) is 10.2 Å². The molecule has 0 bridgehead atoms. The van der Waals surface area contributed by atoms with Gasteiger partial charge in [-0.25, -0.2) is 0 Å². The summed E-state index contributed by atoms with van der Waals surface area (Å²) in [6, 6.07) is 9.42. The molecule has 30 heavy (non-hydrogen) atoms. The Morgan fingerprint density at radius 3 is 1.80 bits per heavy atom. The van der Waals surface area contributed by atoms with Crippen molar-refractivity contribution in [2.24, 2.45) is 5.92 Å². The Morgan fingerprint density at radius 1 is 0.867 bits per heavy atom. The zero-order chi connectivity index (χ0) is 22.4. The molecule has 0 aromatic heterocycles. The van der Waals surface area contributed by atoms with Gasteiger partial charge < -0.3 is 10.2 Å². The monoisotopic (exact) mass is 488 g/mol. The third-order valence-corrected chi connectivity index (χ3v) is 6.05. The summed E-state index contributed by atoms with van der Waals surface area (Å²) in [5, 5.41) is 4.50. The van der Waals surface area contributed by atoms with Gasteiger partial charge >= 0.3 is 0 Å². The van der Waals surface area contributed by atoms with E-state index in [2.05, 4.69) is 5.32 Å². The van der Waals surface area contributed by atoms with Gasteiger partial charge in [0.05, 0.1) is 6.42 Å². The third-order valence-electron chi connectivity index (χ3n) is 4.63. The number of rotatable bonds is 8. The Balaban J connectivity index is 2.34. The van der Waals surface area contributed by atoms with E-state index >= 15 is 0 Å². The second-order valence-corrected chi connectivity index (χ2v) is 9.04. The van der Waals surface area contributed by atoms with E-state index in [9.17, 15) is 9.59 Å². The van der Waals surface area contributed by atoms with E-state index in [-0.39, 0.29) is 30.7 Å². The normalized spacial score (nSPS) is 12.0. The molecule has 0 aliphatic carbocycles. The first kappa shape index (κ1) is 24.8. The molecule has 0 spiro atoms. The van der Waals surface area contributed by atoms with E-state index in [0.717, 1.165) is 0 Å². The number of hydrogen-bond acceptors (Lipinski definition) is 2. The SMILES string of the molecule is CC(C)CNC(=O)[C@@H](C)N(Cc1c(Cl)cccc1Cl)C(=O)Cc1c(Cl)cccc1Cl. The molecule has 8 heteroatoms. The van der Waals surface area contributed by atoms with Gasteiger partial charge in [0.15, 0.2) is 0 Å². The van der Waals surface area contributed by atoms with Crippen LogP contribution in [0.15, 0.2) is 36.4 Å². The number of benzene rings is 2. The van der Waals surface area contributed by atoms with Crippen molar-refractivity contribution in [2.45, 2.75) is 39.8 Å². The van der Waals surface area contributed by atoms with Crippen LogP contribution in [-0.4, -0.2) is 29.3 Å². The molecule has 0 fully saturated rings. The molecule has 2 amide bonds. The zero-order valence-electron chi connectivity index (χ0n) is 17.0. The lowest BCUT2D eigenvalue weighted by Crippen LogP contribution is -2.48. The standard InChI is InChI=1S/C22H24Cl4N2O2/c1-13(2)11-27-22(30)14(3)28(12-16-19(25)8-5-9-20(16)26)21(29)10-15-17(23)6-4-7-18(15)24/h4-9,13-14H,10-12H2,1-3H3,(H,27,30)/t14-/m1/s1. The lowest BCUT2D eigenvalue weighted by molar-refractivity contribution is -0.140. The van der Waals surface area contributed by atoms with Crippen LogP contribution in [0.1, 0.15) is 31.9 Å². The number of amides is 2. The van der Waals surface area contributed by atoms with Crippen LogP contribution in [0.4, 0.5) is 0 Å². The molecule has 0 saturated heterocycles. The minimum atomic E-state index is -0.746. The number of nitrogens with zero attached hydrogens (tertiary/aromatic N) is 1. The highest BCUT2D eigenvalue weighted by Crippen LogP contribution is 2.29. The molecule has 0 aliphatic rings. The largest absolute Gasteiger partial charge is 0.354 e. The molecule has 2 aromatic carbocycles. The molecule has 0 saturated carbocycles. The first-order valence-electron chi connectivity index (χ1n) is 9.54. The van der Waals surface area contributed by atoms with Gasteiger partial charge in [-0.2, -0.15) is 0 Å². The van der Waals surface area contributed by atoms with Crippen molar-refractivity contribution in [2.75, 3.05) is 6.54 Å². The average Bonchev–Trinajstić information content (AvgIpc) is 2.68. The summed E-state index contributed by atoms with van der Waals surface area (Å²) in [7, 11) is 0. The summed E-state index contributed by atoms with van der Waals surface area (Å²) < 4.78 is 0. The van der Waals surface area contributed by atoms with E-state index in [1.807, 2.05) is 13.8 Å². The molecule has 0 unspecified atom stereocenters. The molecule has 2 rings (SSSR count). The van der Waals surface area contributed by atoms with Crippen LogP contribution in [0.2, 0.25) is 20.1 Å². The number of halogens is 4. The highest BCUT2D eigenvalue weighted by molar-refractivity contribution is 6.36. The average molecular weight is 490 g/mol. The summed E-state index contributed by atoms with van der Waals surface area (Å²) in [6.07, 6.45) is -0.0532. The maximum atomic E-state index is 13.3. The minimum Gasteiger partial charge on any atom is -0.354 e. The highest BCUT2D eigenvalue weighted by atomic mass is 35.5. The van der Waals surface area contributed by atoms with Crippen molar-refractivity contribution in [1.29, 1.82) is 0 Å². The highest BCUT2D eigenvalue weighted by Gasteiger charge is 2.28. The van der Waals surface area contributed by atoms with Gasteiger partial charge in [0.1, 0.15) is 6.04 Å². The maximum Gasteiger partial charge on any atom is 0.242 e. The summed E-state index contributed by atoms with van der Waals surface area (Å²) in [4.78, 5) is 27.4. The summed E-state index contributed by atoms with van der Waals surface area (Å²) >= 11 is 25.1. The summed E-state index contributed by atoms with van der Waals surface area (Å²) in [6.45, 7) is 6.25. The summed E-state index contributed by atoms with van der Waals surface area (Å²) in [5.74, 6) is -0.288. The molecule has 0 aliphatic heterocycles. The van der Waals surface area contributed by atoms with Crippen LogP contribution in [-0.2, 0) is 22.6 Å². The lowest BCUT2D eigenvalue weighted by Gasteiger charge is -2.30. The first-order chi connectivity index (χ1) is 14.1. The Bertz CT molecular complexity index is 878. The fourth-order valence-electron chi connectivity index (χ4n) is 2.84. The Hall–Kier alpha value is -1.46. The second-order valence-electron chi connectivity index (χ2n) is 7.41. The number of nitrogens with one attached hydrogen (secondary N) is 1. The smallest absolute Gasteiger partial charge is 0.242 e. The topological polar surface area (TPSA) is 49.4 Å². The number of carbonyl (C=O) groups is 2. The fourth-order valence-corrected chi connectivity index (χ4v) is 3.89. The van der Waals surface area contributed by atoms with Crippen molar-refractivity contribution in [3.63, 3.8) is 0 Å². The molecule has 162 valence electrons. The maximum absolute atomic E-state index is 13.3. The van der Waals surface area contributed by atoms with Gasteiger partial charge in [0.2, 0.25) is 11.8 Å². The van der Waals surface area contributed by atoms with Crippen LogP contribution in [0.5, 0.6) is 0 Å². The van der Waals surface area contributed by atoms with Crippen LogP contribution >= 0.6 is 46.4 Å². The van der Waals surface area contributed by atoms with Crippen molar-refractivity contribution >= 4 is 58.2 Å². The van der Waals surface area contributed by atoms with Gasteiger partial charge in [0, 0.05) is 38.7 Å². The molecule has 2 aromatic rings. The molecule has 4 nitrogen and oxygen atoms in total. The molecule has 0 radical (unpaired) electrons. The van der Waals surface area contributed by atoms with Gasteiger partial charge in [-0.15, -0.1) is 0 Å². The van der Waals surface area contributed by atoms with Crippen LogP contribution in [0, 0.1) is 5.92 Å². The van der Waals surface area contributed by atoms with Crippen LogP contribution < -0.4 is 5.32 Å². The molecule has 1 atom stereocenters. The zero-order valence-corrected chi connectivity index (χ0v) is 20.0. The van der Waals surface area contributed by atoms with E-state index in [1.54, 1.807) is 43.3 Å². The minimum absolute atomic E-state index is 0.0532. The van der Waals surface area contributed by atoms with E-state index in [4.69, 9.17) is 46.4 Å². The second kappa shape index (κ2) is 11.2. The Morgan fingerprint density at radius 2 is 1.33 bits per heavy atom. The van der Waals surface area contributed by atoms with Crippen molar-refractivity contribution < 1.29 is 9.59 Å². The van der Waals surface area contributed by atoms with E-state index in [0.29, 0.717) is 37.8 Å². The third kappa shape index (κ3) is 6.52. The summed E-state index contributed by atoms with van der Waals surface area (Å²) in [5.41, 5.74) is 1.08. The molecule has 0 heterocycles. The van der Waals surface area contributed by atoms with E-state index in [1.165, 1.54) is 4.90 Å². The van der Waals surface area contributed by atoms with Crippen LogP contribution in [0.25, 0.3) is 0 Å². The Labute approximate surface area is 197 Å². The first-order valence-corrected chi connectivity index (χ1v) is 11.1. The van der Waals surface area contributed by atoms with Gasteiger partial charge in [0.25, 0.3) is 0 Å². The molecule has 1 N–H and O–H groups in total. The van der Waals surface area contributed by atoms with Crippen molar-refractivity contribution in [3.05, 3.63) is 67.6 Å². The van der Waals surface area contributed by atoms with Gasteiger partial charge in [-0.3, -0.25) is 9.59 Å². The molecular formula is C22H24Cl4N2O2. The van der Waals surface area contributed by atoms with E-state index < -0.39 is 6.04 Å². The predicted molar refractivity (Wildman–Crippen MR) is 124 cm³/mol. The van der Waals surface area contributed by atoms with Gasteiger partial charge in [-0.1, -0.05) is 72.4 Å². The Kier molecular flexibility index (Phi) is 9.30. The predicted octanol–water partition coefficient (Wildman–Crippen LogP) is 6.03. The fraction of sp³-hybridized carbons (Fsp3) is 0.364. The lowest BCUT2D eigenvalue weighted by atomic mass is 10.1.